The second-order valence-electron chi connectivity index (χ2n) is 9.55. The van der Waals surface area contributed by atoms with Crippen molar-refractivity contribution in [1.82, 2.24) is 19.9 Å². The molecule has 0 aromatic carbocycles. The first-order chi connectivity index (χ1) is 16.9. The van der Waals surface area contributed by atoms with Crippen LogP contribution in [0.15, 0.2) is 36.7 Å². The van der Waals surface area contributed by atoms with Crippen LogP contribution in [0.3, 0.4) is 0 Å². The van der Waals surface area contributed by atoms with Gasteiger partial charge in [-0.1, -0.05) is 0 Å². The summed E-state index contributed by atoms with van der Waals surface area (Å²) in [7, 11) is 0. The molecule has 0 saturated carbocycles. The third-order valence-electron chi connectivity index (χ3n) is 7.28. The maximum Gasteiger partial charge on any atom is 0.161 e. The molecule has 4 heterocycles. The van der Waals surface area contributed by atoms with Gasteiger partial charge in [-0.3, -0.25) is 0 Å². The second-order valence-corrected chi connectivity index (χ2v) is 9.55. The van der Waals surface area contributed by atoms with Crippen molar-refractivity contribution in [3.63, 3.8) is 0 Å². The molecule has 0 aliphatic heterocycles. The van der Waals surface area contributed by atoms with Crippen molar-refractivity contribution in [1.29, 1.82) is 0 Å². The Balaban J connectivity index is 1.13. The van der Waals surface area contributed by atoms with Crippen LogP contribution in [0.1, 0.15) is 61.0 Å². The van der Waals surface area contributed by atoms with Gasteiger partial charge in [0.15, 0.2) is 11.3 Å². The van der Waals surface area contributed by atoms with Crippen molar-refractivity contribution in [3.8, 4) is 0 Å². The number of unbranched alkanes of at least 4 members (excludes halogenated alkanes) is 1. The Morgan fingerprint density at radius 3 is 1.59 bits per heavy atom. The summed E-state index contributed by atoms with van der Waals surface area (Å²) in [6.45, 7) is 1.91. The van der Waals surface area contributed by atoms with Gasteiger partial charge in [0, 0.05) is 47.6 Å². The van der Waals surface area contributed by atoms with E-state index in [0.29, 0.717) is 0 Å². The van der Waals surface area contributed by atoms with Crippen molar-refractivity contribution in [3.05, 3.63) is 59.2 Å². The molecule has 0 fully saturated rings. The Kier molecular flexibility index (Phi) is 5.96. The molecule has 0 atom stereocenters. The average Bonchev–Trinajstić information content (AvgIpc) is 2.89. The first-order valence-electron chi connectivity index (χ1n) is 12.9. The zero-order valence-corrected chi connectivity index (χ0v) is 19.7. The number of aryl methyl sites for hydroxylation is 2. The fourth-order valence-electron chi connectivity index (χ4n) is 5.59. The first-order valence-corrected chi connectivity index (χ1v) is 12.9. The van der Waals surface area contributed by atoms with Crippen molar-refractivity contribution < 1.29 is 0 Å². The molecule has 2 aliphatic rings. The topological polar surface area (TPSA) is 75.6 Å². The Bertz CT molecular complexity index is 1230. The molecule has 0 bridgehead atoms. The molecular formula is C28H32N6. The third kappa shape index (κ3) is 4.06. The Labute approximate surface area is 200 Å². The average molecular weight is 453 g/mol. The molecule has 0 unspecified atom stereocenters. The van der Waals surface area contributed by atoms with Gasteiger partial charge in [0.2, 0.25) is 0 Å². The van der Waals surface area contributed by atoms with Crippen molar-refractivity contribution in [2.75, 3.05) is 23.7 Å². The fraction of sp³-hybridized carbons (Fsp3) is 0.429. The van der Waals surface area contributed by atoms with E-state index < -0.39 is 0 Å². The maximum absolute atomic E-state index is 4.86. The third-order valence-corrected chi connectivity index (χ3v) is 7.28. The highest BCUT2D eigenvalue weighted by Crippen LogP contribution is 2.34. The smallest absolute Gasteiger partial charge is 0.161 e. The maximum atomic E-state index is 4.86. The van der Waals surface area contributed by atoms with Crippen LogP contribution in [0.2, 0.25) is 0 Å². The molecule has 34 heavy (non-hydrogen) atoms. The monoisotopic (exact) mass is 452 g/mol. The highest BCUT2D eigenvalue weighted by atomic mass is 14.9. The van der Waals surface area contributed by atoms with Gasteiger partial charge >= 0.3 is 0 Å². The predicted octanol–water partition coefficient (Wildman–Crippen LogP) is 5.63. The minimum absolute atomic E-state index is 0.871. The highest BCUT2D eigenvalue weighted by Gasteiger charge is 2.19. The van der Waals surface area contributed by atoms with E-state index in [0.717, 1.165) is 73.7 Å². The van der Waals surface area contributed by atoms with E-state index in [1.54, 1.807) is 0 Å². The van der Waals surface area contributed by atoms with Gasteiger partial charge < -0.3 is 10.6 Å². The lowest BCUT2D eigenvalue weighted by molar-refractivity contribution is 0.670. The molecule has 6 nitrogen and oxygen atoms in total. The number of anilines is 2. The van der Waals surface area contributed by atoms with Crippen LogP contribution >= 0.6 is 0 Å². The van der Waals surface area contributed by atoms with Crippen LogP contribution in [-0.4, -0.2) is 33.0 Å². The van der Waals surface area contributed by atoms with E-state index in [4.69, 9.17) is 9.97 Å². The molecule has 0 saturated heterocycles. The first kappa shape index (κ1) is 21.3. The molecule has 6 heteroatoms. The van der Waals surface area contributed by atoms with Gasteiger partial charge in [0.05, 0.1) is 11.4 Å². The molecule has 0 radical (unpaired) electrons. The molecule has 4 aromatic rings. The van der Waals surface area contributed by atoms with Crippen LogP contribution in [0, 0.1) is 0 Å². The SMILES string of the molecule is c1cnc2nc3c(c(NCCCCNc4c5c(nc6ncccc46)CCCC5)c2c1)CCCC3. The minimum Gasteiger partial charge on any atom is -0.384 e. The van der Waals surface area contributed by atoms with Crippen molar-refractivity contribution in [2.45, 2.75) is 64.2 Å². The van der Waals surface area contributed by atoms with E-state index >= 15 is 0 Å². The van der Waals surface area contributed by atoms with Crippen LogP contribution in [-0.2, 0) is 25.7 Å². The Hall–Kier alpha value is -3.28. The second kappa shape index (κ2) is 9.53. The van der Waals surface area contributed by atoms with Gasteiger partial charge in [0.1, 0.15) is 0 Å². The molecule has 2 aliphatic carbocycles. The van der Waals surface area contributed by atoms with Gasteiger partial charge in [-0.05, 0) is 99.6 Å². The number of hydrogen-bond acceptors (Lipinski definition) is 6. The van der Waals surface area contributed by atoms with E-state index in [9.17, 15) is 0 Å². The quantitative estimate of drug-likeness (QED) is 0.354. The highest BCUT2D eigenvalue weighted by molar-refractivity contribution is 5.92. The summed E-state index contributed by atoms with van der Waals surface area (Å²) >= 11 is 0. The zero-order chi connectivity index (χ0) is 22.7. The zero-order valence-electron chi connectivity index (χ0n) is 19.7. The van der Waals surface area contributed by atoms with E-state index in [-0.39, 0.29) is 0 Å². The predicted molar refractivity (Wildman–Crippen MR) is 139 cm³/mol. The normalized spacial score (nSPS) is 15.2. The van der Waals surface area contributed by atoms with Crippen LogP contribution in [0.5, 0.6) is 0 Å². The standard InChI is InChI=1S/C28H32N6/c1-3-13-23-19(9-1)25(21-11-7-17-31-27(21)33-23)29-15-5-6-16-30-26-20-10-2-4-14-24(20)34-28-22(26)12-8-18-32-28/h7-8,11-12,17-18H,1-6,9-10,13-16H2,(H,29,31,33)(H,30,32,34). The van der Waals surface area contributed by atoms with E-state index in [2.05, 4.69) is 32.7 Å². The molecule has 0 spiro atoms. The summed E-state index contributed by atoms with van der Waals surface area (Å²) in [6, 6.07) is 8.34. The number of pyridine rings is 4. The molecule has 4 aromatic heterocycles. The lowest BCUT2D eigenvalue weighted by atomic mass is 9.93. The summed E-state index contributed by atoms with van der Waals surface area (Å²) in [5, 5.41) is 9.84. The molecule has 2 N–H and O–H groups in total. The number of hydrogen-bond donors (Lipinski definition) is 2. The Morgan fingerprint density at radius 2 is 1.09 bits per heavy atom. The molecule has 6 rings (SSSR count). The van der Waals surface area contributed by atoms with Gasteiger partial charge in [-0.25, -0.2) is 19.9 Å². The minimum atomic E-state index is 0.871. The lowest BCUT2D eigenvalue weighted by Gasteiger charge is -2.22. The van der Waals surface area contributed by atoms with Gasteiger partial charge in [-0.2, -0.15) is 0 Å². The Morgan fingerprint density at radius 1 is 0.618 bits per heavy atom. The summed E-state index contributed by atoms with van der Waals surface area (Å²) in [6.07, 6.45) is 15.2. The fourth-order valence-corrected chi connectivity index (χ4v) is 5.59. The van der Waals surface area contributed by atoms with Crippen LogP contribution < -0.4 is 10.6 Å². The summed E-state index contributed by atoms with van der Waals surface area (Å²) in [4.78, 5) is 18.8. The van der Waals surface area contributed by atoms with Crippen molar-refractivity contribution in [2.24, 2.45) is 0 Å². The largest absolute Gasteiger partial charge is 0.384 e. The van der Waals surface area contributed by atoms with E-state index in [1.807, 2.05) is 24.5 Å². The summed E-state index contributed by atoms with van der Waals surface area (Å²) in [5.41, 5.74) is 9.57. The number of nitrogens with zero attached hydrogens (tertiary/aromatic N) is 4. The molecular weight excluding hydrogens is 420 g/mol. The van der Waals surface area contributed by atoms with Gasteiger partial charge in [-0.15, -0.1) is 0 Å². The number of nitrogens with one attached hydrogen (secondary N) is 2. The van der Waals surface area contributed by atoms with Crippen LogP contribution in [0.25, 0.3) is 22.1 Å². The summed E-state index contributed by atoms with van der Waals surface area (Å²) in [5.74, 6) is 0. The van der Waals surface area contributed by atoms with Crippen molar-refractivity contribution >= 4 is 33.4 Å². The molecule has 174 valence electrons. The van der Waals surface area contributed by atoms with Crippen LogP contribution in [0.4, 0.5) is 11.4 Å². The van der Waals surface area contributed by atoms with E-state index in [1.165, 1.54) is 59.6 Å². The summed E-state index contributed by atoms with van der Waals surface area (Å²) < 4.78 is 0. The molecule has 0 amide bonds. The lowest BCUT2D eigenvalue weighted by Crippen LogP contribution is -2.14. The number of aromatic nitrogens is 4. The number of rotatable bonds is 7. The number of fused-ring (bicyclic) bond motifs is 4. The van der Waals surface area contributed by atoms with Gasteiger partial charge in [0.25, 0.3) is 0 Å².